The zero-order chi connectivity index (χ0) is 15.8. The molecule has 0 heterocycles. The second-order valence-electron chi connectivity index (χ2n) is 5.05. The minimum atomic E-state index is -0.255. The quantitative estimate of drug-likeness (QED) is 0.587. The molecule has 0 spiro atoms. The van der Waals surface area contributed by atoms with Gasteiger partial charge in [-0.25, -0.2) is 5.43 Å². The van der Waals surface area contributed by atoms with Crippen molar-refractivity contribution in [3.8, 4) is 5.75 Å². The predicted molar refractivity (Wildman–Crippen MR) is 89.9 cm³/mol. The molecule has 0 aromatic heterocycles. The van der Waals surface area contributed by atoms with Gasteiger partial charge in [0.05, 0.1) is 4.47 Å². The normalized spacial score (nSPS) is 10.4. The van der Waals surface area contributed by atoms with E-state index in [4.69, 9.17) is 4.74 Å². The van der Waals surface area contributed by atoms with E-state index in [1.807, 2.05) is 32.0 Å². The van der Waals surface area contributed by atoms with Crippen LogP contribution >= 0.6 is 15.9 Å². The fourth-order valence-electron chi connectivity index (χ4n) is 1.72. The average molecular weight is 355 g/mol. The third-order valence-corrected chi connectivity index (χ3v) is 3.76. The lowest BCUT2D eigenvalue weighted by Crippen LogP contribution is -2.25. The van der Waals surface area contributed by atoms with Gasteiger partial charge < -0.3 is 4.74 Å². The molecule has 0 unspecified atom stereocenters. The van der Waals surface area contributed by atoms with E-state index in [0.29, 0.717) is 11.7 Å². The van der Waals surface area contributed by atoms with Crippen LogP contribution in [0.2, 0.25) is 0 Å². The maximum Gasteiger partial charge on any atom is 0.277 e. The molecule has 0 saturated heterocycles. The number of hydrogen-bond acceptors (Lipinski definition) is 3. The Kier molecular flexibility index (Phi) is 7.43. The molecule has 116 valence electrons. The van der Waals surface area contributed by atoms with Crippen LogP contribution in [0.5, 0.6) is 5.75 Å². The number of benzene rings is 1. The molecular weight excluding hydrogens is 332 g/mol. The molecular formula is C16H23BrN2O2. The smallest absolute Gasteiger partial charge is 0.277 e. The van der Waals surface area contributed by atoms with Crippen molar-refractivity contribution in [1.82, 2.24) is 5.43 Å². The Labute approximate surface area is 135 Å². The summed E-state index contributed by atoms with van der Waals surface area (Å²) in [5.74, 6) is 0.855. The van der Waals surface area contributed by atoms with Crippen LogP contribution in [0.25, 0.3) is 0 Å². The third-order valence-electron chi connectivity index (χ3n) is 3.14. The first-order chi connectivity index (χ1) is 9.97. The highest BCUT2D eigenvalue weighted by Crippen LogP contribution is 2.28. The highest BCUT2D eigenvalue weighted by atomic mass is 79.9. The Bertz CT molecular complexity index is 507. The SMILES string of the molecule is CCC(CC)=NNC(=O)COc1ccc(C(C)C)cc1Br. The number of nitrogens with one attached hydrogen (secondary N) is 1. The van der Waals surface area contributed by atoms with Gasteiger partial charge in [0, 0.05) is 5.71 Å². The number of ether oxygens (including phenoxy) is 1. The Hall–Kier alpha value is -1.36. The molecule has 1 rings (SSSR count). The van der Waals surface area contributed by atoms with Crippen LogP contribution in [-0.4, -0.2) is 18.2 Å². The topological polar surface area (TPSA) is 50.7 Å². The third kappa shape index (κ3) is 5.87. The molecule has 21 heavy (non-hydrogen) atoms. The van der Waals surface area contributed by atoms with Crippen molar-refractivity contribution in [2.75, 3.05) is 6.61 Å². The van der Waals surface area contributed by atoms with Crippen molar-refractivity contribution >= 4 is 27.5 Å². The van der Waals surface area contributed by atoms with Crippen LogP contribution < -0.4 is 10.2 Å². The zero-order valence-electron chi connectivity index (χ0n) is 13.1. The summed E-state index contributed by atoms with van der Waals surface area (Å²) in [5, 5.41) is 4.06. The van der Waals surface area contributed by atoms with Crippen molar-refractivity contribution in [2.24, 2.45) is 5.10 Å². The van der Waals surface area contributed by atoms with Crippen LogP contribution in [0.15, 0.2) is 27.8 Å². The number of rotatable bonds is 7. The van der Waals surface area contributed by atoms with Crippen molar-refractivity contribution in [3.63, 3.8) is 0 Å². The van der Waals surface area contributed by atoms with Gasteiger partial charge in [-0.3, -0.25) is 4.79 Å². The molecule has 0 aliphatic carbocycles. The van der Waals surface area contributed by atoms with Crippen LogP contribution in [0.1, 0.15) is 52.0 Å². The number of hydrazone groups is 1. The van der Waals surface area contributed by atoms with E-state index in [1.165, 1.54) is 5.56 Å². The molecule has 0 fully saturated rings. The van der Waals surface area contributed by atoms with Crippen molar-refractivity contribution in [2.45, 2.75) is 46.5 Å². The van der Waals surface area contributed by atoms with E-state index in [-0.39, 0.29) is 12.5 Å². The largest absolute Gasteiger partial charge is 0.483 e. The summed E-state index contributed by atoms with van der Waals surface area (Å²) >= 11 is 3.47. The summed E-state index contributed by atoms with van der Waals surface area (Å²) in [7, 11) is 0. The van der Waals surface area contributed by atoms with Gasteiger partial charge in [-0.15, -0.1) is 0 Å². The molecule has 0 aliphatic heterocycles. The minimum Gasteiger partial charge on any atom is -0.483 e. The first-order valence-corrected chi connectivity index (χ1v) is 8.03. The van der Waals surface area contributed by atoms with E-state index >= 15 is 0 Å². The highest BCUT2D eigenvalue weighted by molar-refractivity contribution is 9.10. The molecule has 0 bridgehead atoms. The van der Waals surface area contributed by atoms with Crippen molar-refractivity contribution in [3.05, 3.63) is 28.2 Å². The molecule has 1 aromatic rings. The van der Waals surface area contributed by atoms with Crippen LogP contribution in [-0.2, 0) is 4.79 Å². The average Bonchev–Trinajstić information content (AvgIpc) is 2.46. The van der Waals surface area contributed by atoms with E-state index in [2.05, 4.69) is 40.3 Å². The molecule has 1 N–H and O–H groups in total. The summed E-state index contributed by atoms with van der Waals surface area (Å²) in [4.78, 5) is 11.7. The summed E-state index contributed by atoms with van der Waals surface area (Å²) in [6.07, 6.45) is 1.67. The van der Waals surface area contributed by atoms with E-state index in [1.54, 1.807) is 0 Å². The molecule has 5 heteroatoms. The van der Waals surface area contributed by atoms with Gasteiger partial charge in [0.25, 0.3) is 5.91 Å². The maximum atomic E-state index is 11.7. The first-order valence-electron chi connectivity index (χ1n) is 7.24. The maximum absolute atomic E-state index is 11.7. The molecule has 0 saturated carbocycles. The Morgan fingerprint density at radius 2 is 2.00 bits per heavy atom. The van der Waals surface area contributed by atoms with Gasteiger partial charge in [0.2, 0.25) is 0 Å². The van der Waals surface area contributed by atoms with Gasteiger partial charge in [-0.05, 0) is 52.4 Å². The van der Waals surface area contributed by atoms with Gasteiger partial charge >= 0.3 is 0 Å². The summed E-state index contributed by atoms with van der Waals surface area (Å²) < 4.78 is 6.36. The molecule has 1 aromatic carbocycles. The lowest BCUT2D eigenvalue weighted by atomic mass is 10.0. The fraction of sp³-hybridized carbons (Fsp3) is 0.500. The van der Waals surface area contributed by atoms with Gasteiger partial charge in [0.1, 0.15) is 5.75 Å². The second kappa shape index (κ2) is 8.82. The van der Waals surface area contributed by atoms with E-state index < -0.39 is 0 Å². The van der Waals surface area contributed by atoms with Gasteiger partial charge in [0.15, 0.2) is 6.61 Å². The lowest BCUT2D eigenvalue weighted by molar-refractivity contribution is -0.123. The fourth-order valence-corrected chi connectivity index (χ4v) is 2.23. The van der Waals surface area contributed by atoms with Gasteiger partial charge in [-0.2, -0.15) is 5.10 Å². The number of hydrogen-bond donors (Lipinski definition) is 1. The molecule has 4 nitrogen and oxygen atoms in total. The van der Waals surface area contributed by atoms with Crippen LogP contribution in [0.3, 0.4) is 0 Å². The highest BCUT2D eigenvalue weighted by Gasteiger charge is 2.08. The van der Waals surface area contributed by atoms with E-state index in [9.17, 15) is 4.79 Å². The monoisotopic (exact) mass is 354 g/mol. The number of carbonyl (C=O) groups excluding carboxylic acids is 1. The predicted octanol–water partition coefficient (Wildman–Crippen LogP) is 4.24. The summed E-state index contributed by atoms with van der Waals surface area (Å²) in [5.41, 5.74) is 4.70. The molecule has 0 atom stereocenters. The van der Waals surface area contributed by atoms with Crippen molar-refractivity contribution < 1.29 is 9.53 Å². The second-order valence-corrected chi connectivity index (χ2v) is 5.91. The number of amides is 1. The molecule has 0 radical (unpaired) electrons. The Balaban J connectivity index is 2.55. The Morgan fingerprint density at radius 1 is 1.33 bits per heavy atom. The summed E-state index contributed by atoms with van der Waals surface area (Å²) in [6.45, 7) is 8.24. The standard InChI is InChI=1S/C16H23BrN2O2/c1-5-13(6-2)18-19-16(20)10-21-15-8-7-12(11(3)4)9-14(15)17/h7-9,11H,5-6,10H2,1-4H3,(H,19,20). The van der Waals surface area contributed by atoms with Crippen LogP contribution in [0.4, 0.5) is 0 Å². The molecule has 1 amide bonds. The van der Waals surface area contributed by atoms with E-state index in [0.717, 1.165) is 23.0 Å². The number of carbonyl (C=O) groups is 1. The molecule has 0 aliphatic rings. The zero-order valence-corrected chi connectivity index (χ0v) is 14.7. The minimum absolute atomic E-state index is 0.0518. The Morgan fingerprint density at radius 3 is 2.52 bits per heavy atom. The van der Waals surface area contributed by atoms with Crippen LogP contribution in [0, 0.1) is 0 Å². The van der Waals surface area contributed by atoms with Crippen molar-refractivity contribution in [1.29, 1.82) is 0 Å². The number of nitrogens with zero attached hydrogens (tertiary/aromatic N) is 1. The lowest BCUT2D eigenvalue weighted by Gasteiger charge is -2.11. The van der Waals surface area contributed by atoms with Gasteiger partial charge in [-0.1, -0.05) is 33.8 Å². The number of halogens is 1. The first kappa shape index (κ1) is 17.7. The summed E-state index contributed by atoms with van der Waals surface area (Å²) in [6, 6.07) is 5.90.